The van der Waals surface area contributed by atoms with Crippen LogP contribution in [0, 0.1) is 0 Å². The normalized spacial score (nSPS) is 11.0. The molecule has 4 aromatic rings. The minimum atomic E-state index is 0.841. The van der Waals surface area contributed by atoms with E-state index in [0.717, 1.165) is 33.6 Å². The fourth-order valence-corrected chi connectivity index (χ4v) is 2.55. The van der Waals surface area contributed by atoms with E-state index in [-0.39, 0.29) is 0 Å². The number of aromatic nitrogens is 4. The molecule has 0 saturated carbocycles. The molecule has 0 unspecified atom stereocenters. The zero-order valence-corrected chi connectivity index (χ0v) is 12.0. The van der Waals surface area contributed by atoms with Gasteiger partial charge in [-0.15, -0.1) is 0 Å². The number of H-pyrrole nitrogens is 1. The summed E-state index contributed by atoms with van der Waals surface area (Å²) in [5, 5.41) is 12.6. The van der Waals surface area contributed by atoms with Crippen LogP contribution < -0.4 is 4.74 Å². The van der Waals surface area contributed by atoms with Crippen molar-refractivity contribution >= 4 is 10.9 Å². The first-order valence-corrected chi connectivity index (χ1v) is 6.97. The number of hydrogen-bond acceptors (Lipinski definition) is 3. The van der Waals surface area contributed by atoms with E-state index in [1.54, 1.807) is 13.3 Å². The molecule has 0 aliphatic carbocycles. The lowest BCUT2D eigenvalue weighted by Crippen LogP contribution is -1.98. The van der Waals surface area contributed by atoms with Crippen LogP contribution >= 0.6 is 0 Å². The Morgan fingerprint density at radius 1 is 1.05 bits per heavy atom. The van der Waals surface area contributed by atoms with Crippen molar-refractivity contribution < 1.29 is 4.74 Å². The van der Waals surface area contributed by atoms with Gasteiger partial charge in [-0.1, -0.05) is 0 Å². The molecule has 2 aromatic heterocycles. The standard InChI is InChI=1S/C17H14N4O/c1-22-15-6-3-12(4-7-15)17-8-9-19-21(17)14-5-2-13-11-18-20-16(13)10-14/h2-11H,1H3,(H,18,20). The largest absolute Gasteiger partial charge is 0.497 e. The third-order valence-electron chi connectivity index (χ3n) is 3.70. The number of nitrogens with zero attached hydrogens (tertiary/aromatic N) is 3. The van der Waals surface area contributed by atoms with Gasteiger partial charge in [0.05, 0.1) is 36.4 Å². The summed E-state index contributed by atoms with van der Waals surface area (Å²) in [6, 6.07) is 16.1. The number of rotatable bonds is 3. The number of hydrogen-bond donors (Lipinski definition) is 1. The highest BCUT2D eigenvalue weighted by Gasteiger charge is 2.08. The predicted octanol–water partition coefficient (Wildman–Crippen LogP) is 3.42. The second-order valence-electron chi connectivity index (χ2n) is 5.00. The van der Waals surface area contributed by atoms with Gasteiger partial charge >= 0.3 is 0 Å². The Labute approximate surface area is 127 Å². The average Bonchev–Trinajstić information content (AvgIpc) is 3.23. The van der Waals surface area contributed by atoms with E-state index in [9.17, 15) is 0 Å². The number of ether oxygens (including phenoxy) is 1. The maximum Gasteiger partial charge on any atom is 0.118 e. The van der Waals surface area contributed by atoms with Crippen LogP contribution in [0.5, 0.6) is 5.75 Å². The number of methoxy groups -OCH3 is 1. The third-order valence-corrected chi connectivity index (χ3v) is 3.70. The molecule has 4 rings (SSSR count). The van der Waals surface area contributed by atoms with Crippen LogP contribution in [0.2, 0.25) is 0 Å². The van der Waals surface area contributed by atoms with Crippen molar-refractivity contribution in [1.82, 2.24) is 20.0 Å². The molecule has 0 saturated heterocycles. The quantitative estimate of drug-likeness (QED) is 0.629. The van der Waals surface area contributed by atoms with E-state index in [2.05, 4.69) is 15.3 Å². The van der Waals surface area contributed by atoms with Gasteiger partial charge in [-0.25, -0.2) is 4.68 Å². The molecule has 0 atom stereocenters. The minimum Gasteiger partial charge on any atom is -0.497 e. The van der Waals surface area contributed by atoms with Crippen LogP contribution in [-0.4, -0.2) is 27.1 Å². The molecule has 0 aliphatic heterocycles. The average molecular weight is 290 g/mol. The van der Waals surface area contributed by atoms with Gasteiger partial charge in [-0.05, 0) is 48.5 Å². The second kappa shape index (κ2) is 5.04. The molecule has 0 bridgehead atoms. The maximum atomic E-state index is 5.21. The Morgan fingerprint density at radius 3 is 2.73 bits per heavy atom. The third kappa shape index (κ3) is 2.03. The summed E-state index contributed by atoms with van der Waals surface area (Å²) in [5.74, 6) is 0.841. The summed E-state index contributed by atoms with van der Waals surface area (Å²) >= 11 is 0. The van der Waals surface area contributed by atoms with Crippen molar-refractivity contribution in [3.05, 3.63) is 60.9 Å². The first kappa shape index (κ1) is 12.6. The van der Waals surface area contributed by atoms with Crippen LogP contribution in [-0.2, 0) is 0 Å². The highest BCUT2D eigenvalue weighted by Crippen LogP contribution is 2.25. The predicted molar refractivity (Wildman–Crippen MR) is 85.2 cm³/mol. The van der Waals surface area contributed by atoms with Gasteiger partial charge in [-0.2, -0.15) is 10.2 Å². The monoisotopic (exact) mass is 290 g/mol. The van der Waals surface area contributed by atoms with E-state index in [1.165, 1.54) is 0 Å². The highest BCUT2D eigenvalue weighted by molar-refractivity contribution is 5.80. The molecular weight excluding hydrogens is 276 g/mol. The molecule has 0 aliphatic rings. The summed E-state index contributed by atoms with van der Waals surface area (Å²) in [6.45, 7) is 0. The Hall–Kier alpha value is -3.08. The van der Waals surface area contributed by atoms with Gasteiger partial charge in [0.1, 0.15) is 5.75 Å². The van der Waals surface area contributed by atoms with Crippen molar-refractivity contribution in [1.29, 1.82) is 0 Å². The first-order chi connectivity index (χ1) is 10.8. The lowest BCUT2D eigenvalue weighted by atomic mass is 10.1. The van der Waals surface area contributed by atoms with Gasteiger partial charge < -0.3 is 4.74 Å². The van der Waals surface area contributed by atoms with Crippen LogP contribution in [0.15, 0.2) is 60.9 Å². The van der Waals surface area contributed by atoms with Crippen molar-refractivity contribution in [3.63, 3.8) is 0 Å². The summed E-state index contributed by atoms with van der Waals surface area (Å²) in [6.07, 6.45) is 3.61. The van der Waals surface area contributed by atoms with E-state index >= 15 is 0 Å². The molecule has 108 valence electrons. The molecule has 5 nitrogen and oxygen atoms in total. The van der Waals surface area contributed by atoms with Gasteiger partial charge in [0.15, 0.2) is 0 Å². The van der Waals surface area contributed by atoms with Crippen LogP contribution in [0.1, 0.15) is 0 Å². The van der Waals surface area contributed by atoms with Crippen molar-refractivity contribution in [2.75, 3.05) is 7.11 Å². The smallest absolute Gasteiger partial charge is 0.118 e. The molecule has 22 heavy (non-hydrogen) atoms. The van der Waals surface area contributed by atoms with E-state index in [1.807, 2.05) is 59.4 Å². The number of fused-ring (bicyclic) bond motifs is 1. The van der Waals surface area contributed by atoms with E-state index < -0.39 is 0 Å². The number of benzene rings is 2. The van der Waals surface area contributed by atoms with Gasteiger partial charge in [0.2, 0.25) is 0 Å². The molecule has 0 amide bonds. The fraction of sp³-hybridized carbons (Fsp3) is 0.0588. The first-order valence-electron chi connectivity index (χ1n) is 6.97. The Balaban J connectivity index is 1.81. The van der Waals surface area contributed by atoms with E-state index in [0.29, 0.717) is 0 Å². The highest BCUT2D eigenvalue weighted by atomic mass is 16.5. The fourth-order valence-electron chi connectivity index (χ4n) is 2.55. The topological polar surface area (TPSA) is 55.7 Å². The zero-order valence-electron chi connectivity index (χ0n) is 12.0. The van der Waals surface area contributed by atoms with E-state index in [4.69, 9.17) is 4.74 Å². The second-order valence-corrected chi connectivity index (χ2v) is 5.00. The summed E-state index contributed by atoms with van der Waals surface area (Å²) in [4.78, 5) is 0. The molecule has 2 aromatic carbocycles. The maximum absolute atomic E-state index is 5.21. The molecule has 0 fully saturated rings. The molecular formula is C17H14N4O. The lowest BCUT2D eigenvalue weighted by molar-refractivity contribution is 0.415. The Kier molecular flexibility index (Phi) is 2.89. The van der Waals surface area contributed by atoms with Gasteiger partial charge in [0, 0.05) is 10.9 Å². The molecule has 5 heteroatoms. The number of aromatic amines is 1. The number of nitrogens with one attached hydrogen (secondary N) is 1. The summed E-state index contributed by atoms with van der Waals surface area (Å²) < 4.78 is 7.13. The van der Waals surface area contributed by atoms with Gasteiger partial charge in [0.25, 0.3) is 0 Å². The van der Waals surface area contributed by atoms with Gasteiger partial charge in [-0.3, -0.25) is 5.10 Å². The summed E-state index contributed by atoms with van der Waals surface area (Å²) in [7, 11) is 1.67. The van der Waals surface area contributed by atoms with Crippen LogP contribution in [0.25, 0.3) is 27.8 Å². The van der Waals surface area contributed by atoms with Crippen LogP contribution in [0.3, 0.4) is 0 Å². The summed E-state index contributed by atoms with van der Waals surface area (Å²) in [5.41, 5.74) is 4.10. The molecule has 2 heterocycles. The Morgan fingerprint density at radius 2 is 1.91 bits per heavy atom. The molecule has 1 N–H and O–H groups in total. The van der Waals surface area contributed by atoms with Crippen molar-refractivity contribution in [2.24, 2.45) is 0 Å². The minimum absolute atomic E-state index is 0.841. The SMILES string of the molecule is COc1ccc(-c2ccnn2-c2ccc3cn[nH]c3c2)cc1. The Bertz CT molecular complexity index is 921. The molecule has 0 radical (unpaired) electrons. The van der Waals surface area contributed by atoms with Crippen molar-refractivity contribution in [2.45, 2.75) is 0 Å². The molecule has 0 spiro atoms. The van der Waals surface area contributed by atoms with Crippen LogP contribution in [0.4, 0.5) is 0 Å². The lowest BCUT2D eigenvalue weighted by Gasteiger charge is -2.08. The zero-order chi connectivity index (χ0) is 14.9. The van der Waals surface area contributed by atoms with Crippen molar-refractivity contribution in [3.8, 4) is 22.7 Å².